The molecule has 0 N–H and O–H groups in total. The van der Waals surface area contributed by atoms with E-state index in [1.807, 2.05) is 0 Å². The Morgan fingerprint density at radius 2 is 0.470 bits per heavy atom. The third-order valence-corrected chi connectivity index (χ3v) is 13.4. The van der Waals surface area contributed by atoms with Crippen molar-refractivity contribution in [3.63, 3.8) is 0 Å². The molecule has 0 saturated heterocycles. The number of carbonyl (C=O) groups excluding carboxylic acids is 3. The standard InChI is InChI=1S/C77H120O6/c1-4-7-10-13-16-19-22-25-27-29-31-33-34-35-36-37-38-39-40-41-42-44-45-47-49-52-55-58-61-64-67-70-76(79)82-73-74(72-81-75(78)69-66-63-60-57-54-51-24-21-18-15-12-9-6-3)83-77(80)71-68-65-62-59-56-53-50-48-46-43-32-30-28-26-23-20-17-14-11-8-5-2/h7-8,10-11,16-17,19-20,25-28,31-33,35-36,38-39,41-43,45,47-48,50,52,55-56,59,74H,4-6,9,12-15,18,21-24,29-30,34,37,40,44,46,49,51,53-54,57-58,60-73H2,1-3H3/b10-7-,11-8-,19-16-,20-17-,27-25-,28-26-,33-31-,36-35-,39-38-,42-41-,43-32-,47-45-,50-48-,55-52-,59-56-. The summed E-state index contributed by atoms with van der Waals surface area (Å²) in [6.07, 6.45) is 103. The first kappa shape index (κ1) is 77.5. The summed E-state index contributed by atoms with van der Waals surface area (Å²) in [5.41, 5.74) is 0. The fourth-order valence-corrected chi connectivity index (χ4v) is 8.50. The van der Waals surface area contributed by atoms with Gasteiger partial charge in [0, 0.05) is 19.3 Å². The largest absolute Gasteiger partial charge is 0.462 e. The second-order valence-electron chi connectivity index (χ2n) is 21.3. The molecule has 464 valence electrons. The summed E-state index contributed by atoms with van der Waals surface area (Å²) in [7, 11) is 0. The molecule has 0 aromatic heterocycles. The van der Waals surface area contributed by atoms with Gasteiger partial charge in [-0.15, -0.1) is 0 Å². The molecule has 0 aromatic carbocycles. The van der Waals surface area contributed by atoms with Crippen LogP contribution in [0.1, 0.15) is 265 Å². The van der Waals surface area contributed by atoms with Crippen molar-refractivity contribution in [3.8, 4) is 0 Å². The van der Waals surface area contributed by atoms with Crippen molar-refractivity contribution in [2.45, 2.75) is 271 Å². The Kier molecular flexibility index (Phi) is 64.4. The summed E-state index contributed by atoms with van der Waals surface area (Å²) >= 11 is 0. The van der Waals surface area contributed by atoms with Gasteiger partial charge in [0.1, 0.15) is 13.2 Å². The van der Waals surface area contributed by atoms with E-state index >= 15 is 0 Å². The molecule has 0 amide bonds. The maximum absolute atomic E-state index is 12.9. The molecule has 0 radical (unpaired) electrons. The summed E-state index contributed by atoms with van der Waals surface area (Å²) in [4.78, 5) is 38.3. The highest BCUT2D eigenvalue weighted by atomic mass is 16.6. The molecule has 0 aliphatic heterocycles. The van der Waals surface area contributed by atoms with E-state index in [9.17, 15) is 14.4 Å². The van der Waals surface area contributed by atoms with Crippen molar-refractivity contribution >= 4 is 17.9 Å². The molecular formula is C77H120O6. The second kappa shape index (κ2) is 69.0. The van der Waals surface area contributed by atoms with E-state index in [0.29, 0.717) is 19.3 Å². The summed E-state index contributed by atoms with van der Waals surface area (Å²) in [5, 5.41) is 0. The Hall–Kier alpha value is -5.49. The molecule has 83 heavy (non-hydrogen) atoms. The van der Waals surface area contributed by atoms with E-state index in [-0.39, 0.29) is 37.5 Å². The lowest BCUT2D eigenvalue weighted by Crippen LogP contribution is -2.30. The van der Waals surface area contributed by atoms with Crippen LogP contribution in [0.15, 0.2) is 182 Å². The van der Waals surface area contributed by atoms with Crippen LogP contribution in [0.3, 0.4) is 0 Å². The number of unbranched alkanes of at least 4 members (excludes halogenated alkanes) is 17. The molecule has 0 aromatic rings. The van der Waals surface area contributed by atoms with Gasteiger partial charge in [0.05, 0.1) is 0 Å². The zero-order valence-corrected chi connectivity index (χ0v) is 53.1. The van der Waals surface area contributed by atoms with Gasteiger partial charge in [-0.1, -0.05) is 287 Å². The molecule has 0 fully saturated rings. The Balaban J connectivity index is 4.49. The number of rotatable bonds is 58. The summed E-state index contributed by atoms with van der Waals surface area (Å²) in [6, 6.07) is 0. The molecule has 0 bridgehead atoms. The first-order valence-corrected chi connectivity index (χ1v) is 33.3. The maximum atomic E-state index is 12.9. The van der Waals surface area contributed by atoms with Crippen molar-refractivity contribution < 1.29 is 28.6 Å². The molecule has 0 aliphatic rings. The number of ether oxygens (including phenoxy) is 3. The molecule has 6 nitrogen and oxygen atoms in total. The van der Waals surface area contributed by atoms with Gasteiger partial charge in [0.25, 0.3) is 0 Å². The second-order valence-corrected chi connectivity index (χ2v) is 21.3. The fraction of sp³-hybridized carbons (Fsp3) is 0.571. The van der Waals surface area contributed by atoms with Crippen LogP contribution in [-0.4, -0.2) is 37.2 Å². The summed E-state index contributed by atoms with van der Waals surface area (Å²) < 4.78 is 16.9. The average Bonchev–Trinajstić information content (AvgIpc) is 3.49. The number of esters is 3. The average molecular weight is 1140 g/mol. The van der Waals surface area contributed by atoms with Crippen molar-refractivity contribution in [2.75, 3.05) is 13.2 Å². The van der Waals surface area contributed by atoms with E-state index in [2.05, 4.69) is 203 Å². The number of allylic oxidation sites excluding steroid dienone is 30. The van der Waals surface area contributed by atoms with Gasteiger partial charge in [-0.2, -0.15) is 0 Å². The minimum atomic E-state index is -0.825. The normalized spacial score (nSPS) is 13.3. The molecule has 0 heterocycles. The first-order valence-electron chi connectivity index (χ1n) is 33.3. The van der Waals surface area contributed by atoms with Crippen LogP contribution in [-0.2, 0) is 28.6 Å². The SMILES string of the molecule is CC/C=C\C/C=C\C/C=C\C/C=C\C/C=C\C/C=C\C/C=C\C/C=C\C/C=C\CCCCCC(=O)OCC(COC(=O)CCCCCCCCCCCCCCC)OC(=O)CCCC/C=C\C/C=C\C/C=C\C/C=C\C/C=C\C/C=C\CC. The predicted octanol–water partition coefficient (Wildman–Crippen LogP) is 23.2. The van der Waals surface area contributed by atoms with Crippen molar-refractivity contribution in [2.24, 2.45) is 0 Å². The first-order chi connectivity index (χ1) is 41.0. The van der Waals surface area contributed by atoms with Crippen molar-refractivity contribution in [3.05, 3.63) is 182 Å². The lowest BCUT2D eigenvalue weighted by atomic mass is 10.0. The number of carbonyl (C=O) groups is 3. The van der Waals surface area contributed by atoms with Crippen molar-refractivity contribution in [1.82, 2.24) is 0 Å². The Labute approximate surface area is 510 Å². The van der Waals surface area contributed by atoms with Gasteiger partial charge in [-0.3, -0.25) is 14.4 Å². The van der Waals surface area contributed by atoms with Gasteiger partial charge >= 0.3 is 17.9 Å². The Bertz CT molecular complexity index is 1940. The van der Waals surface area contributed by atoms with Crippen LogP contribution in [0.25, 0.3) is 0 Å². The van der Waals surface area contributed by atoms with Crippen LogP contribution in [0.2, 0.25) is 0 Å². The van der Waals surface area contributed by atoms with Gasteiger partial charge < -0.3 is 14.2 Å². The zero-order chi connectivity index (χ0) is 59.9. The molecule has 0 saturated carbocycles. The monoisotopic (exact) mass is 1140 g/mol. The molecule has 1 unspecified atom stereocenters. The quantitative estimate of drug-likeness (QED) is 0.0261. The van der Waals surface area contributed by atoms with E-state index < -0.39 is 6.10 Å². The van der Waals surface area contributed by atoms with E-state index in [0.717, 1.165) is 154 Å². The Morgan fingerprint density at radius 1 is 0.253 bits per heavy atom. The van der Waals surface area contributed by atoms with Crippen LogP contribution < -0.4 is 0 Å². The third kappa shape index (κ3) is 67.2. The molecule has 6 heteroatoms. The van der Waals surface area contributed by atoms with Crippen LogP contribution >= 0.6 is 0 Å². The highest BCUT2D eigenvalue weighted by Crippen LogP contribution is 2.14. The highest BCUT2D eigenvalue weighted by Gasteiger charge is 2.19. The molecule has 0 rings (SSSR count). The third-order valence-electron chi connectivity index (χ3n) is 13.4. The van der Waals surface area contributed by atoms with Crippen LogP contribution in [0, 0.1) is 0 Å². The lowest BCUT2D eigenvalue weighted by Gasteiger charge is -2.18. The van der Waals surface area contributed by atoms with E-state index in [4.69, 9.17) is 14.2 Å². The topological polar surface area (TPSA) is 78.9 Å². The number of hydrogen-bond acceptors (Lipinski definition) is 6. The molecule has 0 aliphatic carbocycles. The van der Waals surface area contributed by atoms with E-state index in [1.165, 1.54) is 64.2 Å². The highest BCUT2D eigenvalue weighted by molar-refractivity contribution is 5.71. The van der Waals surface area contributed by atoms with Gasteiger partial charge in [-0.05, 0) is 141 Å². The smallest absolute Gasteiger partial charge is 0.306 e. The summed E-state index contributed by atoms with van der Waals surface area (Å²) in [5.74, 6) is -0.996. The van der Waals surface area contributed by atoms with Crippen LogP contribution in [0.4, 0.5) is 0 Å². The molecule has 1 atom stereocenters. The maximum Gasteiger partial charge on any atom is 0.306 e. The fourth-order valence-electron chi connectivity index (χ4n) is 8.50. The lowest BCUT2D eigenvalue weighted by molar-refractivity contribution is -0.167. The molecular weight excluding hydrogens is 1020 g/mol. The van der Waals surface area contributed by atoms with Gasteiger partial charge in [-0.25, -0.2) is 0 Å². The minimum absolute atomic E-state index is 0.113. The predicted molar refractivity (Wildman–Crippen MR) is 361 cm³/mol. The van der Waals surface area contributed by atoms with Crippen LogP contribution in [0.5, 0.6) is 0 Å². The zero-order valence-electron chi connectivity index (χ0n) is 53.1. The van der Waals surface area contributed by atoms with Gasteiger partial charge in [0.15, 0.2) is 6.10 Å². The Morgan fingerprint density at radius 3 is 0.759 bits per heavy atom. The van der Waals surface area contributed by atoms with Crippen molar-refractivity contribution in [1.29, 1.82) is 0 Å². The minimum Gasteiger partial charge on any atom is -0.462 e. The molecule has 0 spiro atoms. The number of hydrogen-bond donors (Lipinski definition) is 0. The van der Waals surface area contributed by atoms with E-state index in [1.54, 1.807) is 0 Å². The van der Waals surface area contributed by atoms with Gasteiger partial charge in [0.2, 0.25) is 0 Å². The summed E-state index contributed by atoms with van der Waals surface area (Å²) in [6.45, 7) is 6.34.